The smallest absolute Gasteiger partial charge is 0.129 e. The summed E-state index contributed by atoms with van der Waals surface area (Å²) in [4.78, 5) is 0. The lowest BCUT2D eigenvalue weighted by atomic mass is 10.2. The zero-order valence-corrected chi connectivity index (χ0v) is 14.7. The molecule has 0 bridgehead atoms. The van der Waals surface area contributed by atoms with Gasteiger partial charge in [-0.05, 0) is 34.5 Å². The Morgan fingerprint density at radius 2 is 2.19 bits per heavy atom. The Kier molecular flexibility index (Phi) is 4.14. The fraction of sp³-hybridized carbons (Fsp3) is 0.308. The quantitative estimate of drug-likeness (QED) is 0.736. The molecule has 0 spiro atoms. The van der Waals surface area contributed by atoms with Crippen molar-refractivity contribution in [3.05, 3.63) is 33.0 Å². The number of anilines is 1. The molecule has 0 amide bonds. The Bertz CT molecular complexity index is 797. The van der Waals surface area contributed by atoms with Gasteiger partial charge in [0.1, 0.15) is 11.0 Å². The average Bonchev–Trinajstić information content (AvgIpc) is 3.04. The standard InChI is InChI=1S/C13H13BrClN5S/c1-3-8-11(14)10(20(2)17-8)6-16-12-7(15)4-5-9-13(12)19-21-18-9/h4-5,16H,3,6H2,1-2H3. The minimum Gasteiger partial charge on any atom is -0.376 e. The molecule has 0 radical (unpaired) electrons. The van der Waals surface area contributed by atoms with E-state index in [1.165, 1.54) is 11.7 Å². The summed E-state index contributed by atoms with van der Waals surface area (Å²) in [6, 6.07) is 3.71. The van der Waals surface area contributed by atoms with Gasteiger partial charge in [-0.1, -0.05) is 18.5 Å². The Hall–Kier alpha value is -1.18. The van der Waals surface area contributed by atoms with E-state index in [-0.39, 0.29) is 0 Å². The third-order valence-electron chi connectivity index (χ3n) is 3.31. The van der Waals surface area contributed by atoms with E-state index >= 15 is 0 Å². The van der Waals surface area contributed by atoms with Crippen LogP contribution in [0.1, 0.15) is 18.3 Å². The Labute approximate surface area is 139 Å². The maximum atomic E-state index is 6.28. The average molecular weight is 387 g/mol. The fourth-order valence-corrected chi connectivity index (χ4v) is 3.70. The zero-order valence-electron chi connectivity index (χ0n) is 11.5. The van der Waals surface area contributed by atoms with Gasteiger partial charge >= 0.3 is 0 Å². The van der Waals surface area contributed by atoms with Crippen molar-refractivity contribution in [2.75, 3.05) is 5.32 Å². The van der Waals surface area contributed by atoms with Gasteiger partial charge in [0.15, 0.2) is 0 Å². The molecule has 0 aliphatic heterocycles. The summed E-state index contributed by atoms with van der Waals surface area (Å²) in [6.07, 6.45) is 0.890. The number of hydrogen-bond donors (Lipinski definition) is 1. The molecule has 0 saturated carbocycles. The van der Waals surface area contributed by atoms with Crippen molar-refractivity contribution in [3.8, 4) is 0 Å². The molecule has 2 heterocycles. The van der Waals surface area contributed by atoms with Crippen LogP contribution in [0.15, 0.2) is 16.6 Å². The van der Waals surface area contributed by atoms with Gasteiger partial charge in [-0.3, -0.25) is 4.68 Å². The summed E-state index contributed by atoms with van der Waals surface area (Å²) >= 11 is 11.1. The van der Waals surface area contributed by atoms with Gasteiger partial charge in [-0.2, -0.15) is 13.8 Å². The van der Waals surface area contributed by atoms with Crippen LogP contribution in [0.2, 0.25) is 5.02 Å². The summed E-state index contributed by atoms with van der Waals surface area (Å²) in [5.41, 5.74) is 4.60. The number of nitrogens with one attached hydrogen (secondary N) is 1. The Balaban J connectivity index is 1.92. The SMILES string of the molecule is CCc1nn(C)c(CNc2c(Cl)ccc3nsnc23)c1Br. The molecule has 3 rings (SSSR count). The predicted octanol–water partition coefficient (Wildman–Crippen LogP) is 4.02. The lowest BCUT2D eigenvalue weighted by Crippen LogP contribution is -2.06. The lowest BCUT2D eigenvalue weighted by molar-refractivity contribution is 0.706. The van der Waals surface area contributed by atoms with E-state index in [2.05, 4.69) is 42.0 Å². The number of aryl methyl sites for hydroxylation is 2. The first kappa shape index (κ1) is 14.7. The Morgan fingerprint density at radius 1 is 1.38 bits per heavy atom. The fourth-order valence-electron chi connectivity index (χ4n) is 2.18. The number of halogens is 2. The lowest BCUT2D eigenvalue weighted by Gasteiger charge is -2.09. The minimum atomic E-state index is 0.612. The molecule has 2 aromatic heterocycles. The minimum absolute atomic E-state index is 0.612. The van der Waals surface area contributed by atoms with Gasteiger partial charge in [0.25, 0.3) is 0 Å². The van der Waals surface area contributed by atoms with Crippen LogP contribution in [0.4, 0.5) is 5.69 Å². The van der Waals surface area contributed by atoms with Crippen LogP contribution in [-0.2, 0) is 20.0 Å². The zero-order chi connectivity index (χ0) is 15.0. The highest BCUT2D eigenvalue weighted by Crippen LogP contribution is 2.31. The van der Waals surface area contributed by atoms with E-state index in [1.807, 2.05) is 23.9 Å². The first-order valence-corrected chi connectivity index (χ1v) is 8.36. The molecule has 0 unspecified atom stereocenters. The molecular weight excluding hydrogens is 374 g/mol. The molecule has 0 atom stereocenters. The van der Waals surface area contributed by atoms with Crippen LogP contribution in [-0.4, -0.2) is 18.5 Å². The molecule has 1 N–H and O–H groups in total. The number of fused-ring (bicyclic) bond motifs is 1. The highest BCUT2D eigenvalue weighted by atomic mass is 79.9. The summed E-state index contributed by atoms with van der Waals surface area (Å²) in [7, 11) is 1.94. The second-order valence-electron chi connectivity index (χ2n) is 4.59. The van der Waals surface area contributed by atoms with E-state index in [9.17, 15) is 0 Å². The van der Waals surface area contributed by atoms with Crippen molar-refractivity contribution < 1.29 is 0 Å². The van der Waals surface area contributed by atoms with E-state index in [0.29, 0.717) is 11.6 Å². The van der Waals surface area contributed by atoms with Gasteiger partial charge in [-0.25, -0.2) is 0 Å². The number of aromatic nitrogens is 4. The van der Waals surface area contributed by atoms with Crippen molar-refractivity contribution in [1.82, 2.24) is 18.5 Å². The molecule has 3 aromatic rings. The van der Waals surface area contributed by atoms with Gasteiger partial charge in [0, 0.05) is 7.05 Å². The monoisotopic (exact) mass is 385 g/mol. The molecule has 1 aromatic carbocycles. The van der Waals surface area contributed by atoms with Crippen LogP contribution in [0.25, 0.3) is 11.0 Å². The summed E-state index contributed by atoms with van der Waals surface area (Å²) in [5.74, 6) is 0. The molecular formula is C13H13BrClN5S. The number of nitrogens with zero attached hydrogens (tertiary/aromatic N) is 4. The predicted molar refractivity (Wildman–Crippen MR) is 90.0 cm³/mol. The molecule has 0 aliphatic carbocycles. The molecule has 110 valence electrons. The van der Waals surface area contributed by atoms with Crippen molar-refractivity contribution >= 4 is 56.0 Å². The highest BCUT2D eigenvalue weighted by Gasteiger charge is 2.14. The van der Waals surface area contributed by atoms with Crippen molar-refractivity contribution in [3.63, 3.8) is 0 Å². The third-order valence-corrected chi connectivity index (χ3v) is 5.09. The number of rotatable bonds is 4. The second kappa shape index (κ2) is 5.90. The van der Waals surface area contributed by atoms with Crippen LogP contribution < -0.4 is 5.32 Å². The van der Waals surface area contributed by atoms with E-state index in [4.69, 9.17) is 11.6 Å². The van der Waals surface area contributed by atoms with Crippen LogP contribution >= 0.6 is 39.3 Å². The number of benzene rings is 1. The first-order valence-electron chi connectivity index (χ1n) is 6.46. The van der Waals surface area contributed by atoms with Gasteiger partial charge in [-0.15, -0.1) is 0 Å². The highest BCUT2D eigenvalue weighted by molar-refractivity contribution is 9.10. The van der Waals surface area contributed by atoms with Crippen LogP contribution in [0.3, 0.4) is 0 Å². The third kappa shape index (κ3) is 2.65. The van der Waals surface area contributed by atoms with Gasteiger partial charge < -0.3 is 5.32 Å². The summed E-state index contributed by atoms with van der Waals surface area (Å²) < 4.78 is 11.5. The molecule has 0 fully saturated rings. The molecule has 8 heteroatoms. The molecule has 0 aliphatic rings. The maximum absolute atomic E-state index is 6.28. The van der Waals surface area contributed by atoms with E-state index < -0.39 is 0 Å². The van der Waals surface area contributed by atoms with E-state index in [0.717, 1.165) is 39.0 Å². The topological polar surface area (TPSA) is 55.6 Å². The molecule has 5 nitrogen and oxygen atoms in total. The first-order chi connectivity index (χ1) is 10.1. The van der Waals surface area contributed by atoms with E-state index in [1.54, 1.807) is 0 Å². The second-order valence-corrected chi connectivity index (χ2v) is 6.32. The molecule has 21 heavy (non-hydrogen) atoms. The van der Waals surface area contributed by atoms with Crippen LogP contribution in [0, 0.1) is 0 Å². The van der Waals surface area contributed by atoms with Crippen molar-refractivity contribution in [1.29, 1.82) is 0 Å². The summed E-state index contributed by atoms with van der Waals surface area (Å²) in [6.45, 7) is 2.70. The van der Waals surface area contributed by atoms with Crippen molar-refractivity contribution in [2.45, 2.75) is 19.9 Å². The maximum Gasteiger partial charge on any atom is 0.129 e. The Morgan fingerprint density at radius 3 is 2.90 bits per heavy atom. The van der Waals surface area contributed by atoms with Gasteiger partial charge in [0.05, 0.1) is 44.8 Å². The normalized spacial score (nSPS) is 11.2. The number of hydrogen-bond acceptors (Lipinski definition) is 5. The van der Waals surface area contributed by atoms with Crippen molar-refractivity contribution in [2.24, 2.45) is 7.05 Å². The van der Waals surface area contributed by atoms with Gasteiger partial charge in [0.2, 0.25) is 0 Å². The largest absolute Gasteiger partial charge is 0.376 e. The molecule has 0 saturated heterocycles. The van der Waals surface area contributed by atoms with Crippen LogP contribution in [0.5, 0.6) is 0 Å². The summed E-state index contributed by atoms with van der Waals surface area (Å²) in [5, 5.41) is 8.49.